The molecule has 31 heavy (non-hydrogen) atoms. The maximum atomic E-state index is 13.4. The second kappa shape index (κ2) is 9.30. The zero-order valence-electron chi connectivity index (χ0n) is 16.8. The number of halogens is 2. The Morgan fingerprint density at radius 3 is 2.45 bits per heavy atom. The third-order valence-corrected chi connectivity index (χ3v) is 6.57. The third kappa shape index (κ3) is 4.56. The largest absolute Gasteiger partial charge is 0.450 e. The first-order valence-electron chi connectivity index (χ1n) is 9.78. The molecule has 162 valence electrons. The molecule has 0 unspecified atom stereocenters. The second-order valence-electron chi connectivity index (χ2n) is 6.88. The van der Waals surface area contributed by atoms with Gasteiger partial charge in [0.2, 0.25) is 0 Å². The van der Waals surface area contributed by atoms with E-state index >= 15 is 0 Å². The predicted molar refractivity (Wildman–Crippen MR) is 121 cm³/mol. The fourth-order valence-electron chi connectivity index (χ4n) is 3.36. The lowest BCUT2D eigenvalue weighted by Crippen LogP contribution is -2.51. The lowest BCUT2D eigenvalue weighted by atomic mass is 10.2. The minimum atomic E-state index is -0.351. The first kappa shape index (κ1) is 21.7. The molecule has 0 N–H and O–H groups in total. The molecule has 7 nitrogen and oxygen atoms in total. The molecule has 10 heteroatoms. The summed E-state index contributed by atoms with van der Waals surface area (Å²) in [7, 11) is 0. The number of amides is 2. The number of benzene rings is 1. The lowest BCUT2D eigenvalue weighted by molar-refractivity contribution is 0.0563. The zero-order valence-corrected chi connectivity index (χ0v) is 19.1. The highest BCUT2D eigenvalue weighted by Gasteiger charge is 2.28. The minimum absolute atomic E-state index is 0.162. The molecule has 4 rings (SSSR count). The Morgan fingerprint density at radius 1 is 1.06 bits per heavy atom. The van der Waals surface area contributed by atoms with Gasteiger partial charge in [-0.25, -0.2) is 9.48 Å². The van der Waals surface area contributed by atoms with E-state index in [0.717, 1.165) is 4.88 Å². The van der Waals surface area contributed by atoms with Crippen LogP contribution in [0.2, 0.25) is 10.0 Å². The van der Waals surface area contributed by atoms with E-state index < -0.39 is 0 Å². The highest BCUT2D eigenvalue weighted by molar-refractivity contribution is 7.13. The van der Waals surface area contributed by atoms with Gasteiger partial charge in [0.25, 0.3) is 5.91 Å². The first-order chi connectivity index (χ1) is 15.0. The SMILES string of the molecule is CCOC(=O)N1CCN(C(=O)c2cc(-c3cccs3)nn2-c2ccc(Cl)c(Cl)c2)CC1. The van der Waals surface area contributed by atoms with Crippen molar-refractivity contribution in [1.82, 2.24) is 19.6 Å². The van der Waals surface area contributed by atoms with Gasteiger partial charge in [-0.3, -0.25) is 4.79 Å². The van der Waals surface area contributed by atoms with Crippen molar-refractivity contribution in [3.63, 3.8) is 0 Å². The van der Waals surface area contributed by atoms with E-state index in [0.29, 0.717) is 59.9 Å². The number of carbonyl (C=O) groups excluding carboxylic acids is 2. The highest BCUT2D eigenvalue weighted by atomic mass is 35.5. The minimum Gasteiger partial charge on any atom is -0.450 e. The smallest absolute Gasteiger partial charge is 0.409 e. The van der Waals surface area contributed by atoms with Crippen molar-refractivity contribution in [3.05, 3.63) is 57.5 Å². The van der Waals surface area contributed by atoms with Crippen LogP contribution < -0.4 is 0 Å². The quantitative estimate of drug-likeness (QED) is 0.538. The molecule has 0 spiro atoms. The van der Waals surface area contributed by atoms with Gasteiger partial charge in [0.05, 0.1) is 27.2 Å². The van der Waals surface area contributed by atoms with Gasteiger partial charge in [-0.15, -0.1) is 11.3 Å². The zero-order chi connectivity index (χ0) is 22.0. The molecule has 0 bridgehead atoms. The van der Waals surface area contributed by atoms with Crippen LogP contribution in [0.4, 0.5) is 4.79 Å². The van der Waals surface area contributed by atoms with Gasteiger partial charge in [0, 0.05) is 26.2 Å². The summed E-state index contributed by atoms with van der Waals surface area (Å²) in [6, 6.07) is 10.8. The molecular formula is C21H20Cl2N4O3S. The molecule has 1 fully saturated rings. The topological polar surface area (TPSA) is 67.7 Å². The molecule has 1 aliphatic heterocycles. The van der Waals surface area contributed by atoms with Crippen molar-refractivity contribution in [3.8, 4) is 16.3 Å². The van der Waals surface area contributed by atoms with E-state index in [9.17, 15) is 9.59 Å². The molecule has 0 aliphatic carbocycles. The molecule has 0 saturated carbocycles. The fourth-order valence-corrected chi connectivity index (χ4v) is 4.33. The third-order valence-electron chi connectivity index (χ3n) is 4.94. The van der Waals surface area contributed by atoms with Crippen LogP contribution in [-0.2, 0) is 4.74 Å². The number of rotatable bonds is 4. The number of ether oxygens (including phenoxy) is 1. The van der Waals surface area contributed by atoms with Crippen LogP contribution >= 0.6 is 34.5 Å². The van der Waals surface area contributed by atoms with E-state index in [2.05, 4.69) is 5.10 Å². The normalized spacial score (nSPS) is 14.0. The number of hydrogen-bond donors (Lipinski definition) is 0. The van der Waals surface area contributed by atoms with E-state index in [1.54, 1.807) is 57.0 Å². The molecule has 1 aromatic carbocycles. The van der Waals surface area contributed by atoms with Crippen LogP contribution in [0.5, 0.6) is 0 Å². The number of carbonyl (C=O) groups is 2. The Balaban J connectivity index is 1.63. The summed E-state index contributed by atoms with van der Waals surface area (Å²) in [6.45, 7) is 3.77. The average Bonchev–Trinajstić information content (AvgIpc) is 3.45. The molecule has 3 heterocycles. The molecule has 2 amide bonds. The standard InChI is InChI=1S/C21H20Cl2N4O3S/c1-2-30-21(29)26-9-7-25(8-10-26)20(28)18-13-17(19-4-3-11-31-19)24-27(18)14-5-6-15(22)16(23)12-14/h3-6,11-13H,2,7-10H2,1H3. The van der Waals surface area contributed by atoms with Crippen LogP contribution in [0.1, 0.15) is 17.4 Å². The fraction of sp³-hybridized carbons (Fsp3) is 0.286. The van der Waals surface area contributed by atoms with E-state index in [1.165, 1.54) is 0 Å². The molecule has 3 aromatic rings. The molecule has 1 aliphatic rings. The summed E-state index contributed by atoms with van der Waals surface area (Å²) in [4.78, 5) is 29.6. The molecule has 1 saturated heterocycles. The Kier molecular flexibility index (Phi) is 6.50. The molecule has 0 atom stereocenters. The van der Waals surface area contributed by atoms with Crippen LogP contribution in [0.15, 0.2) is 41.8 Å². The van der Waals surface area contributed by atoms with Gasteiger partial charge < -0.3 is 14.5 Å². The Morgan fingerprint density at radius 2 is 1.81 bits per heavy atom. The van der Waals surface area contributed by atoms with E-state index in [4.69, 9.17) is 27.9 Å². The van der Waals surface area contributed by atoms with Gasteiger partial charge in [-0.1, -0.05) is 29.3 Å². The van der Waals surface area contributed by atoms with Crippen molar-refractivity contribution < 1.29 is 14.3 Å². The lowest BCUT2D eigenvalue weighted by Gasteiger charge is -2.34. The average molecular weight is 479 g/mol. The van der Waals surface area contributed by atoms with Crippen molar-refractivity contribution in [2.24, 2.45) is 0 Å². The Hall–Kier alpha value is -2.55. The summed E-state index contributed by atoms with van der Waals surface area (Å²) in [5, 5.41) is 7.45. The number of aromatic nitrogens is 2. The van der Waals surface area contributed by atoms with Gasteiger partial charge in [0.15, 0.2) is 0 Å². The van der Waals surface area contributed by atoms with Crippen molar-refractivity contribution in [1.29, 1.82) is 0 Å². The summed E-state index contributed by atoms with van der Waals surface area (Å²) < 4.78 is 6.65. The number of piperazine rings is 1. The maximum absolute atomic E-state index is 13.4. The van der Waals surface area contributed by atoms with E-state index in [-0.39, 0.29) is 12.0 Å². The van der Waals surface area contributed by atoms with Crippen LogP contribution in [0.3, 0.4) is 0 Å². The number of nitrogens with zero attached hydrogens (tertiary/aromatic N) is 4. The Labute approximate surface area is 193 Å². The Bertz CT molecular complexity index is 1090. The van der Waals surface area contributed by atoms with Crippen molar-refractivity contribution >= 4 is 46.5 Å². The molecular weight excluding hydrogens is 459 g/mol. The molecule has 0 radical (unpaired) electrons. The summed E-state index contributed by atoms with van der Waals surface area (Å²) in [6.07, 6.45) is -0.351. The maximum Gasteiger partial charge on any atom is 0.409 e. The summed E-state index contributed by atoms with van der Waals surface area (Å²) in [5.41, 5.74) is 1.77. The van der Waals surface area contributed by atoms with Crippen molar-refractivity contribution in [2.75, 3.05) is 32.8 Å². The molecule has 2 aromatic heterocycles. The summed E-state index contributed by atoms with van der Waals surface area (Å²) in [5.74, 6) is -0.162. The van der Waals surface area contributed by atoms with Gasteiger partial charge in [0.1, 0.15) is 11.4 Å². The number of hydrogen-bond acceptors (Lipinski definition) is 5. The second-order valence-corrected chi connectivity index (χ2v) is 8.64. The monoisotopic (exact) mass is 478 g/mol. The van der Waals surface area contributed by atoms with Gasteiger partial charge in [-0.05, 0) is 42.6 Å². The highest BCUT2D eigenvalue weighted by Crippen LogP contribution is 2.29. The van der Waals surface area contributed by atoms with Crippen LogP contribution in [0, 0.1) is 0 Å². The van der Waals surface area contributed by atoms with Crippen LogP contribution in [-0.4, -0.2) is 64.4 Å². The van der Waals surface area contributed by atoms with Crippen molar-refractivity contribution in [2.45, 2.75) is 6.92 Å². The van der Waals surface area contributed by atoms with Gasteiger partial charge in [-0.2, -0.15) is 5.10 Å². The van der Waals surface area contributed by atoms with Gasteiger partial charge >= 0.3 is 6.09 Å². The first-order valence-corrected chi connectivity index (χ1v) is 11.4. The predicted octanol–water partition coefficient (Wildman–Crippen LogP) is 4.82. The number of thiophene rings is 1. The van der Waals surface area contributed by atoms with Crippen LogP contribution in [0.25, 0.3) is 16.3 Å². The summed E-state index contributed by atoms with van der Waals surface area (Å²) >= 11 is 13.8. The van der Waals surface area contributed by atoms with E-state index in [1.807, 2.05) is 17.5 Å².